The molecule has 1 heterocycles. The van der Waals surface area contributed by atoms with Crippen LogP contribution < -0.4 is 9.47 Å². The van der Waals surface area contributed by atoms with Crippen molar-refractivity contribution in [2.45, 2.75) is 20.3 Å². The zero-order valence-electron chi connectivity index (χ0n) is 9.07. The van der Waals surface area contributed by atoms with Gasteiger partial charge in [0.25, 0.3) is 0 Å². The van der Waals surface area contributed by atoms with Crippen LogP contribution in [-0.4, -0.2) is 24.2 Å². The van der Waals surface area contributed by atoms with Crippen molar-refractivity contribution in [2.75, 3.05) is 14.2 Å². The topological polar surface area (TPSA) is 44.2 Å². The lowest BCUT2D eigenvalue weighted by Crippen LogP contribution is -2.03. The van der Waals surface area contributed by atoms with Crippen molar-refractivity contribution in [2.24, 2.45) is 5.92 Å². The maximum Gasteiger partial charge on any atom is 0.220 e. The van der Waals surface area contributed by atoms with Crippen LogP contribution in [0, 0.1) is 5.92 Å². The fraction of sp³-hybridized carbons (Fsp3) is 0.600. The molecule has 0 unspecified atom stereocenters. The summed E-state index contributed by atoms with van der Waals surface area (Å²) in [4.78, 5) is 8.45. The molecule has 0 spiro atoms. The molecule has 1 aromatic heterocycles. The van der Waals surface area contributed by atoms with E-state index >= 15 is 0 Å². The third kappa shape index (κ3) is 2.87. The maximum absolute atomic E-state index is 5.05. The standard InChI is InChI=1S/C10H16N2O2/c1-7(2)5-8-11-9(13-3)6-10(12-8)14-4/h6-7H,5H2,1-4H3. The molecule has 0 aliphatic rings. The Morgan fingerprint density at radius 3 is 2.00 bits per heavy atom. The first kappa shape index (κ1) is 10.8. The van der Waals surface area contributed by atoms with Crippen LogP contribution in [0.2, 0.25) is 0 Å². The second-order valence-corrected chi connectivity index (χ2v) is 3.47. The quantitative estimate of drug-likeness (QED) is 0.735. The highest BCUT2D eigenvalue weighted by molar-refractivity contribution is 5.20. The summed E-state index contributed by atoms with van der Waals surface area (Å²) >= 11 is 0. The Kier molecular flexibility index (Phi) is 3.68. The molecule has 0 fully saturated rings. The van der Waals surface area contributed by atoms with Gasteiger partial charge in [0.2, 0.25) is 11.8 Å². The van der Waals surface area contributed by atoms with Crippen LogP contribution in [0.4, 0.5) is 0 Å². The summed E-state index contributed by atoms with van der Waals surface area (Å²) in [5.74, 6) is 2.38. The largest absolute Gasteiger partial charge is 0.481 e. The first-order valence-electron chi connectivity index (χ1n) is 4.61. The van der Waals surface area contributed by atoms with Crippen molar-refractivity contribution < 1.29 is 9.47 Å². The molecule has 0 aliphatic heterocycles. The van der Waals surface area contributed by atoms with E-state index in [1.807, 2.05) is 0 Å². The third-order valence-corrected chi connectivity index (χ3v) is 1.73. The highest BCUT2D eigenvalue weighted by atomic mass is 16.5. The van der Waals surface area contributed by atoms with E-state index in [4.69, 9.17) is 9.47 Å². The minimum atomic E-state index is 0.520. The number of rotatable bonds is 4. The molecule has 0 atom stereocenters. The monoisotopic (exact) mass is 196 g/mol. The van der Waals surface area contributed by atoms with Crippen LogP contribution in [0.5, 0.6) is 11.8 Å². The van der Waals surface area contributed by atoms with E-state index in [2.05, 4.69) is 23.8 Å². The van der Waals surface area contributed by atoms with E-state index in [9.17, 15) is 0 Å². The average molecular weight is 196 g/mol. The molecule has 78 valence electrons. The minimum Gasteiger partial charge on any atom is -0.481 e. The molecule has 4 nitrogen and oxygen atoms in total. The van der Waals surface area contributed by atoms with Crippen molar-refractivity contribution in [1.29, 1.82) is 0 Å². The lowest BCUT2D eigenvalue weighted by atomic mass is 10.1. The Hall–Kier alpha value is -1.32. The van der Waals surface area contributed by atoms with Gasteiger partial charge in [-0.1, -0.05) is 13.8 Å². The lowest BCUT2D eigenvalue weighted by molar-refractivity contribution is 0.366. The summed E-state index contributed by atoms with van der Waals surface area (Å²) in [5.41, 5.74) is 0. The van der Waals surface area contributed by atoms with Crippen LogP contribution in [-0.2, 0) is 6.42 Å². The molecule has 4 heteroatoms. The molecule has 1 aromatic rings. The number of aromatic nitrogens is 2. The molecule has 0 amide bonds. The van der Waals surface area contributed by atoms with E-state index < -0.39 is 0 Å². The highest BCUT2D eigenvalue weighted by Crippen LogP contribution is 2.16. The Morgan fingerprint density at radius 1 is 1.14 bits per heavy atom. The Labute approximate surface area is 84.3 Å². The van der Waals surface area contributed by atoms with Gasteiger partial charge in [-0.3, -0.25) is 0 Å². The van der Waals surface area contributed by atoms with Crippen LogP contribution in [0.25, 0.3) is 0 Å². The molecule has 0 aromatic carbocycles. The van der Waals surface area contributed by atoms with Gasteiger partial charge in [-0.2, -0.15) is 9.97 Å². The van der Waals surface area contributed by atoms with Gasteiger partial charge < -0.3 is 9.47 Å². The lowest BCUT2D eigenvalue weighted by Gasteiger charge is -2.07. The molecule has 0 saturated heterocycles. The second-order valence-electron chi connectivity index (χ2n) is 3.47. The minimum absolute atomic E-state index is 0.520. The van der Waals surface area contributed by atoms with Gasteiger partial charge in [-0.15, -0.1) is 0 Å². The van der Waals surface area contributed by atoms with Crippen molar-refractivity contribution >= 4 is 0 Å². The number of nitrogens with zero attached hydrogens (tertiary/aromatic N) is 2. The fourth-order valence-electron chi connectivity index (χ4n) is 1.12. The summed E-state index contributed by atoms with van der Waals surface area (Å²) in [7, 11) is 3.17. The molecule has 1 rings (SSSR count). The molecule has 0 N–H and O–H groups in total. The first-order valence-corrected chi connectivity index (χ1v) is 4.61. The van der Waals surface area contributed by atoms with Gasteiger partial charge in [-0.05, 0) is 5.92 Å². The summed E-state index contributed by atoms with van der Waals surface area (Å²) in [5, 5.41) is 0. The summed E-state index contributed by atoms with van der Waals surface area (Å²) in [6.45, 7) is 4.24. The van der Waals surface area contributed by atoms with Crippen LogP contribution >= 0.6 is 0 Å². The summed E-state index contributed by atoms with van der Waals surface area (Å²) in [6.07, 6.45) is 0.827. The smallest absolute Gasteiger partial charge is 0.220 e. The van der Waals surface area contributed by atoms with Gasteiger partial charge in [0.1, 0.15) is 5.82 Å². The van der Waals surface area contributed by atoms with Gasteiger partial charge in [0, 0.05) is 6.42 Å². The zero-order chi connectivity index (χ0) is 10.6. The van der Waals surface area contributed by atoms with Crippen molar-refractivity contribution in [3.05, 3.63) is 11.9 Å². The van der Waals surface area contributed by atoms with Crippen molar-refractivity contribution in [3.63, 3.8) is 0 Å². The third-order valence-electron chi connectivity index (χ3n) is 1.73. The van der Waals surface area contributed by atoms with Crippen molar-refractivity contribution in [1.82, 2.24) is 9.97 Å². The van der Waals surface area contributed by atoms with E-state index in [0.29, 0.717) is 17.7 Å². The van der Waals surface area contributed by atoms with E-state index in [-0.39, 0.29) is 0 Å². The maximum atomic E-state index is 5.05. The van der Waals surface area contributed by atoms with Gasteiger partial charge in [-0.25, -0.2) is 0 Å². The Balaban J connectivity index is 2.92. The Bertz CT molecular complexity index is 278. The summed E-state index contributed by atoms with van der Waals surface area (Å²) in [6, 6.07) is 1.67. The number of ether oxygens (including phenoxy) is 2. The first-order chi connectivity index (χ1) is 6.65. The number of hydrogen-bond donors (Lipinski definition) is 0. The van der Waals surface area contributed by atoms with Crippen LogP contribution in [0.3, 0.4) is 0 Å². The molecular formula is C10H16N2O2. The van der Waals surface area contributed by atoms with E-state index in [1.165, 1.54) is 0 Å². The van der Waals surface area contributed by atoms with E-state index in [0.717, 1.165) is 12.2 Å². The van der Waals surface area contributed by atoms with Gasteiger partial charge in [0.15, 0.2) is 0 Å². The van der Waals surface area contributed by atoms with Gasteiger partial charge in [0.05, 0.1) is 20.3 Å². The van der Waals surface area contributed by atoms with Crippen LogP contribution in [0.15, 0.2) is 6.07 Å². The average Bonchev–Trinajstić information content (AvgIpc) is 2.16. The highest BCUT2D eigenvalue weighted by Gasteiger charge is 2.06. The fourth-order valence-corrected chi connectivity index (χ4v) is 1.12. The van der Waals surface area contributed by atoms with E-state index in [1.54, 1.807) is 20.3 Å². The molecule has 0 saturated carbocycles. The predicted octanol–water partition coefficient (Wildman–Crippen LogP) is 1.69. The second kappa shape index (κ2) is 4.79. The normalized spacial score (nSPS) is 10.4. The summed E-state index contributed by atoms with van der Waals surface area (Å²) < 4.78 is 10.1. The van der Waals surface area contributed by atoms with Gasteiger partial charge >= 0.3 is 0 Å². The van der Waals surface area contributed by atoms with Crippen molar-refractivity contribution in [3.8, 4) is 11.8 Å². The number of methoxy groups -OCH3 is 2. The predicted molar refractivity (Wildman–Crippen MR) is 53.7 cm³/mol. The number of hydrogen-bond acceptors (Lipinski definition) is 4. The molecule has 0 aliphatic carbocycles. The molecule has 14 heavy (non-hydrogen) atoms. The molecule has 0 bridgehead atoms. The molecule has 0 radical (unpaired) electrons. The van der Waals surface area contributed by atoms with Crippen LogP contribution in [0.1, 0.15) is 19.7 Å². The zero-order valence-corrected chi connectivity index (χ0v) is 9.07. The SMILES string of the molecule is COc1cc(OC)nc(CC(C)C)n1. The Morgan fingerprint density at radius 2 is 1.64 bits per heavy atom. The molecular weight excluding hydrogens is 180 g/mol.